The number of amides is 1. The second-order valence-corrected chi connectivity index (χ2v) is 7.29. The van der Waals surface area contributed by atoms with Crippen molar-refractivity contribution in [3.63, 3.8) is 0 Å². The molecule has 0 bridgehead atoms. The fraction of sp³-hybridized carbons (Fsp3) is 0.381. The number of nitrogens with zero attached hydrogens (tertiary/aromatic N) is 3. The molecule has 134 valence electrons. The van der Waals surface area contributed by atoms with Crippen LogP contribution in [0.3, 0.4) is 0 Å². The number of nitrogens with one attached hydrogen (secondary N) is 1. The number of pyridine rings is 1. The van der Waals surface area contributed by atoms with Crippen LogP contribution in [-0.4, -0.2) is 20.4 Å². The van der Waals surface area contributed by atoms with Crippen molar-refractivity contribution in [1.82, 2.24) is 19.9 Å². The predicted molar refractivity (Wildman–Crippen MR) is 102 cm³/mol. The SMILES string of the molecule is Cc1ccc2c(c1)nc(CNC(=O)C1(c3cccnc3)CCCC1)n2C. The molecule has 4 rings (SSSR count). The first-order chi connectivity index (χ1) is 12.6. The molecule has 0 atom stereocenters. The molecule has 0 radical (unpaired) electrons. The summed E-state index contributed by atoms with van der Waals surface area (Å²) < 4.78 is 2.06. The van der Waals surface area contributed by atoms with Crippen LogP contribution in [0.2, 0.25) is 0 Å². The van der Waals surface area contributed by atoms with E-state index in [0.717, 1.165) is 48.1 Å². The second-order valence-electron chi connectivity index (χ2n) is 7.29. The van der Waals surface area contributed by atoms with Crippen LogP contribution >= 0.6 is 0 Å². The van der Waals surface area contributed by atoms with Gasteiger partial charge in [0.2, 0.25) is 5.91 Å². The summed E-state index contributed by atoms with van der Waals surface area (Å²) in [6.45, 7) is 2.50. The molecule has 26 heavy (non-hydrogen) atoms. The largest absolute Gasteiger partial charge is 0.348 e. The van der Waals surface area contributed by atoms with Gasteiger partial charge in [-0.25, -0.2) is 4.98 Å². The van der Waals surface area contributed by atoms with Gasteiger partial charge in [0.25, 0.3) is 0 Å². The van der Waals surface area contributed by atoms with E-state index in [0.29, 0.717) is 6.54 Å². The minimum atomic E-state index is -0.449. The highest BCUT2D eigenvalue weighted by Crippen LogP contribution is 2.41. The van der Waals surface area contributed by atoms with Gasteiger partial charge in [0.1, 0.15) is 5.82 Å². The first-order valence-corrected chi connectivity index (χ1v) is 9.21. The van der Waals surface area contributed by atoms with Crippen molar-refractivity contribution in [2.45, 2.75) is 44.6 Å². The van der Waals surface area contributed by atoms with E-state index in [1.54, 1.807) is 6.20 Å². The number of rotatable bonds is 4. The zero-order valence-electron chi connectivity index (χ0n) is 15.3. The maximum atomic E-state index is 13.1. The Kier molecular flexibility index (Phi) is 4.23. The highest BCUT2D eigenvalue weighted by atomic mass is 16.2. The second kappa shape index (κ2) is 6.56. The van der Waals surface area contributed by atoms with Crippen molar-refractivity contribution in [3.8, 4) is 0 Å². The molecule has 1 amide bonds. The lowest BCUT2D eigenvalue weighted by molar-refractivity contribution is -0.126. The number of hydrogen-bond acceptors (Lipinski definition) is 3. The Morgan fingerprint density at radius 2 is 2.08 bits per heavy atom. The highest BCUT2D eigenvalue weighted by Gasteiger charge is 2.42. The maximum Gasteiger partial charge on any atom is 0.231 e. The van der Waals surface area contributed by atoms with Crippen LogP contribution in [0.4, 0.5) is 0 Å². The number of carbonyl (C=O) groups excluding carboxylic acids is 1. The van der Waals surface area contributed by atoms with Crippen LogP contribution in [0.25, 0.3) is 11.0 Å². The number of imidazole rings is 1. The minimum absolute atomic E-state index is 0.0891. The van der Waals surface area contributed by atoms with Crippen LogP contribution in [0, 0.1) is 6.92 Å². The smallest absolute Gasteiger partial charge is 0.231 e. The Labute approximate surface area is 153 Å². The first kappa shape index (κ1) is 16.8. The number of hydrogen-bond donors (Lipinski definition) is 1. The van der Waals surface area contributed by atoms with Crippen molar-refractivity contribution in [3.05, 3.63) is 59.7 Å². The molecule has 2 aromatic heterocycles. The topological polar surface area (TPSA) is 59.8 Å². The van der Waals surface area contributed by atoms with E-state index in [1.807, 2.05) is 25.4 Å². The lowest BCUT2D eigenvalue weighted by Crippen LogP contribution is -2.42. The van der Waals surface area contributed by atoms with Crippen LogP contribution in [-0.2, 0) is 23.8 Å². The zero-order chi connectivity index (χ0) is 18.1. The molecule has 2 heterocycles. The van der Waals surface area contributed by atoms with Gasteiger partial charge in [0.15, 0.2) is 0 Å². The summed E-state index contributed by atoms with van der Waals surface area (Å²) in [7, 11) is 2.00. The number of aromatic nitrogens is 3. The third-order valence-electron chi connectivity index (χ3n) is 5.64. The number of fused-ring (bicyclic) bond motifs is 1. The summed E-state index contributed by atoms with van der Waals surface area (Å²) in [4.78, 5) is 22.1. The Morgan fingerprint density at radius 1 is 1.27 bits per heavy atom. The third kappa shape index (κ3) is 2.77. The van der Waals surface area contributed by atoms with E-state index in [9.17, 15) is 4.79 Å². The summed E-state index contributed by atoms with van der Waals surface area (Å²) >= 11 is 0. The fourth-order valence-electron chi connectivity index (χ4n) is 4.12. The van der Waals surface area contributed by atoms with Gasteiger partial charge in [0, 0.05) is 19.4 Å². The van der Waals surface area contributed by atoms with Gasteiger partial charge >= 0.3 is 0 Å². The summed E-state index contributed by atoms with van der Waals surface area (Å²) in [6, 6.07) is 10.2. The molecule has 1 aliphatic carbocycles. The van der Waals surface area contributed by atoms with Crippen LogP contribution < -0.4 is 5.32 Å². The summed E-state index contributed by atoms with van der Waals surface area (Å²) in [5.74, 6) is 0.963. The molecule has 1 N–H and O–H groups in total. The monoisotopic (exact) mass is 348 g/mol. The zero-order valence-corrected chi connectivity index (χ0v) is 15.3. The Morgan fingerprint density at radius 3 is 2.81 bits per heavy atom. The third-order valence-corrected chi connectivity index (χ3v) is 5.64. The van der Waals surface area contributed by atoms with Crippen LogP contribution in [0.5, 0.6) is 0 Å². The van der Waals surface area contributed by atoms with Crippen molar-refractivity contribution < 1.29 is 4.79 Å². The van der Waals surface area contributed by atoms with Crippen molar-refractivity contribution >= 4 is 16.9 Å². The van der Waals surface area contributed by atoms with Crippen molar-refractivity contribution in [2.24, 2.45) is 7.05 Å². The molecular formula is C21H24N4O. The summed E-state index contributed by atoms with van der Waals surface area (Å²) in [6.07, 6.45) is 7.51. The van der Waals surface area contributed by atoms with Crippen LogP contribution in [0.15, 0.2) is 42.7 Å². The minimum Gasteiger partial charge on any atom is -0.348 e. The average molecular weight is 348 g/mol. The van der Waals surface area contributed by atoms with Gasteiger partial charge in [-0.15, -0.1) is 0 Å². The van der Waals surface area contributed by atoms with E-state index >= 15 is 0 Å². The normalized spacial score (nSPS) is 16.1. The molecule has 1 aromatic carbocycles. The van der Waals surface area contributed by atoms with Gasteiger partial charge in [0.05, 0.1) is 23.0 Å². The Bertz CT molecular complexity index is 939. The van der Waals surface area contributed by atoms with E-state index in [4.69, 9.17) is 4.98 Å². The first-order valence-electron chi connectivity index (χ1n) is 9.21. The molecule has 1 fully saturated rings. The van der Waals surface area contributed by atoms with Gasteiger partial charge < -0.3 is 9.88 Å². The van der Waals surface area contributed by atoms with E-state index in [-0.39, 0.29) is 5.91 Å². The summed E-state index contributed by atoms with van der Waals surface area (Å²) in [5.41, 5.74) is 3.82. The van der Waals surface area contributed by atoms with Gasteiger partial charge in [-0.2, -0.15) is 0 Å². The fourth-order valence-corrected chi connectivity index (χ4v) is 4.12. The molecule has 5 nitrogen and oxygen atoms in total. The lowest BCUT2D eigenvalue weighted by Gasteiger charge is -2.27. The van der Waals surface area contributed by atoms with Gasteiger partial charge in [-0.1, -0.05) is 25.0 Å². The molecule has 0 saturated heterocycles. The molecule has 0 aliphatic heterocycles. The molecule has 1 aliphatic rings. The lowest BCUT2D eigenvalue weighted by atomic mass is 9.79. The van der Waals surface area contributed by atoms with Crippen LogP contribution in [0.1, 0.15) is 42.6 Å². The average Bonchev–Trinajstić information content (AvgIpc) is 3.26. The van der Waals surface area contributed by atoms with Crippen molar-refractivity contribution in [2.75, 3.05) is 0 Å². The summed E-state index contributed by atoms with van der Waals surface area (Å²) in [5, 5.41) is 3.15. The predicted octanol–water partition coefficient (Wildman–Crippen LogP) is 3.40. The number of aryl methyl sites for hydroxylation is 2. The molecule has 0 unspecified atom stereocenters. The molecule has 1 saturated carbocycles. The van der Waals surface area contributed by atoms with Gasteiger partial charge in [-0.05, 0) is 49.1 Å². The highest BCUT2D eigenvalue weighted by molar-refractivity contribution is 5.88. The number of carbonyl (C=O) groups is 1. The van der Waals surface area contributed by atoms with E-state index in [2.05, 4.69) is 40.0 Å². The Balaban J connectivity index is 1.57. The van der Waals surface area contributed by atoms with Gasteiger partial charge in [-0.3, -0.25) is 9.78 Å². The number of benzene rings is 1. The standard InChI is InChI=1S/C21H24N4O/c1-15-7-8-18-17(12-15)24-19(25(18)2)14-23-20(26)21(9-3-4-10-21)16-6-5-11-22-13-16/h5-8,11-13H,3-4,9-10,14H2,1-2H3,(H,23,26). The van der Waals surface area contributed by atoms with Crippen molar-refractivity contribution in [1.29, 1.82) is 0 Å². The van der Waals surface area contributed by atoms with E-state index < -0.39 is 5.41 Å². The molecule has 5 heteroatoms. The quantitative estimate of drug-likeness (QED) is 0.786. The molecular weight excluding hydrogens is 324 g/mol. The molecule has 0 spiro atoms. The Hall–Kier alpha value is -2.69. The van der Waals surface area contributed by atoms with E-state index in [1.165, 1.54) is 5.56 Å². The molecule has 3 aromatic rings. The maximum absolute atomic E-state index is 13.1.